The Hall–Kier alpha value is -3.55. The number of amides is 1. The molecule has 8 nitrogen and oxygen atoms in total. The fraction of sp³-hybridized carbons (Fsp3) is 0.348. The van der Waals surface area contributed by atoms with Gasteiger partial charge >= 0.3 is 5.97 Å². The number of ketones is 1. The number of ether oxygens (including phenoxy) is 4. The highest BCUT2D eigenvalue weighted by Gasteiger charge is 2.23. The van der Waals surface area contributed by atoms with Crippen molar-refractivity contribution in [2.24, 2.45) is 0 Å². The van der Waals surface area contributed by atoms with E-state index < -0.39 is 18.0 Å². The molecule has 0 saturated heterocycles. The Labute approximate surface area is 180 Å². The molecular weight excluding hydrogens is 402 g/mol. The number of Topliss-reactive ketones (excluding diaryl/α,β-unsaturated/α-hetero) is 1. The van der Waals surface area contributed by atoms with Crippen LogP contribution in [0.25, 0.3) is 0 Å². The van der Waals surface area contributed by atoms with Gasteiger partial charge in [0.05, 0.1) is 13.2 Å². The highest BCUT2D eigenvalue weighted by Crippen LogP contribution is 2.30. The van der Waals surface area contributed by atoms with Gasteiger partial charge in [0.1, 0.15) is 24.5 Å². The second-order valence-electron chi connectivity index (χ2n) is 6.73. The standard InChI is InChI=1S/C23H25NO7/c1-3-18(31-19-8-6-5-7-16(19)23(27)28-4-2)22(26)24-14-17(25)15-9-10-20-21(13-15)30-12-11-29-20/h5-10,13,18H,3-4,11-12,14H2,1-2H3,(H,24,26)/t18-/m0/s1. The van der Waals surface area contributed by atoms with Crippen molar-refractivity contribution in [2.45, 2.75) is 26.4 Å². The lowest BCUT2D eigenvalue weighted by atomic mass is 10.1. The van der Waals surface area contributed by atoms with Crippen molar-refractivity contribution in [3.8, 4) is 17.2 Å². The van der Waals surface area contributed by atoms with Crippen LogP contribution in [0.1, 0.15) is 41.0 Å². The van der Waals surface area contributed by atoms with E-state index in [1.54, 1.807) is 56.3 Å². The molecule has 1 aliphatic rings. The van der Waals surface area contributed by atoms with Crippen LogP contribution >= 0.6 is 0 Å². The van der Waals surface area contributed by atoms with Gasteiger partial charge in [-0.05, 0) is 43.7 Å². The van der Waals surface area contributed by atoms with Crippen LogP contribution in [-0.4, -0.2) is 50.1 Å². The van der Waals surface area contributed by atoms with E-state index in [1.807, 2.05) is 0 Å². The summed E-state index contributed by atoms with van der Waals surface area (Å²) in [6.45, 7) is 4.41. The summed E-state index contributed by atoms with van der Waals surface area (Å²) in [5, 5.41) is 2.60. The molecule has 2 aromatic carbocycles. The molecule has 1 aliphatic heterocycles. The molecule has 0 aromatic heterocycles. The van der Waals surface area contributed by atoms with Gasteiger partial charge in [-0.1, -0.05) is 19.1 Å². The third kappa shape index (κ3) is 5.53. The molecule has 31 heavy (non-hydrogen) atoms. The fourth-order valence-corrected chi connectivity index (χ4v) is 3.02. The Morgan fingerprint density at radius 1 is 1.03 bits per heavy atom. The van der Waals surface area contributed by atoms with Gasteiger partial charge in [0, 0.05) is 5.56 Å². The predicted octanol–water partition coefficient (Wildman–Crippen LogP) is 2.79. The maximum absolute atomic E-state index is 12.6. The monoisotopic (exact) mass is 427 g/mol. The highest BCUT2D eigenvalue weighted by molar-refractivity contribution is 6.00. The van der Waals surface area contributed by atoms with Crippen molar-refractivity contribution in [3.63, 3.8) is 0 Å². The van der Waals surface area contributed by atoms with E-state index in [2.05, 4.69) is 5.32 Å². The van der Waals surface area contributed by atoms with Crippen LogP contribution < -0.4 is 19.5 Å². The second-order valence-corrected chi connectivity index (χ2v) is 6.73. The molecule has 0 spiro atoms. The fourth-order valence-electron chi connectivity index (χ4n) is 3.02. The molecule has 164 valence electrons. The molecule has 0 unspecified atom stereocenters. The lowest BCUT2D eigenvalue weighted by Gasteiger charge is -2.19. The van der Waals surface area contributed by atoms with E-state index >= 15 is 0 Å². The van der Waals surface area contributed by atoms with E-state index in [-0.39, 0.29) is 30.2 Å². The second kappa shape index (κ2) is 10.5. The van der Waals surface area contributed by atoms with Crippen LogP contribution in [0.3, 0.4) is 0 Å². The number of para-hydroxylation sites is 1. The van der Waals surface area contributed by atoms with Crippen molar-refractivity contribution in [3.05, 3.63) is 53.6 Å². The van der Waals surface area contributed by atoms with E-state index in [0.29, 0.717) is 36.7 Å². The zero-order chi connectivity index (χ0) is 22.2. The van der Waals surface area contributed by atoms with Crippen LogP contribution in [0.15, 0.2) is 42.5 Å². The summed E-state index contributed by atoms with van der Waals surface area (Å²) in [5.74, 6) is 0.0997. The van der Waals surface area contributed by atoms with Gasteiger partial charge in [-0.25, -0.2) is 4.79 Å². The summed E-state index contributed by atoms with van der Waals surface area (Å²) in [6.07, 6.45) is -0.523. The maximum atomic E-state index is 12.6. The highest BCUT2D eigenvalue weighted by atomic mass is 16.6. The van der Waals surface area contributed by atoms with Crippen molar-refractivity contribution in [1.29, 1.82) is 0 Å². The number of hydrogen-bond acceptors (Lipinski definition) is 7. The van der Waals surface area contributed by atoms with Gasteiger partial charge in [-0.2, -0.15) is 0 Å². The minimum atomic E-state index is -0.872. The summed E-state index contributed by atoms with van der Waals surface area (Å²) in [4.78, 5) is 37.2. The first-order chi connectivity index (χ1) is 15.0. The van der Waals surface area contributed by atoms with E-state index in [9.17, 15) is 14.4 Å². The number of esters is 1. The van der Waals surface area contributed by atoms with Crippen molar-refractivity contribution < 1.29 is 33.3 Å². The third-order valence-corrected chi connectivity index (χ3v) is 4.60. The average molecular weight is 427 g/mol. The largest absolute Gasteiger partial charge is 0.486 e. The summed E-state index contributed by atoms with van der Waals surface area (Å²) >= 11 is 0. The predicted molar refractivity (Wildman–Crippen MR) is 112 cm³/mol. The molecule has 2 aromatic rings. The normalized spacial score (nSPS) is 13.1. The number of benzene rings is 2. The lowest BCUT2D eigenvalue weighted by molar-refractivity contribution is -0.127. The Morgan fingerprint density at radius 2 is 1.77 bits per heavy atom. The van der Waals surface area contributed by atoms with Crippen LogP contribution in [0, 0.1) is 0 Å². The van der Waals surface area contributed by atoms with E-state index in [1.165, 1.54) is 0 Å². The molecule has 8 heteroatoms. The molecule has 1 heterocycles. The quantitative estimate of drug-likeness (QED) is 0.485. The molecule has 0 bridgehead atoms. The Kier molecular flexibility index (Phi) is 7.48. The van der Waals surface area contributed by atoms with Crippen molar-refractivity contribution in [2.75, 3.05) is 26.4 Å². The Bertz CT molecular complexity index is 957. The molecule has 0 radical (unpaired) electrons. The van der Waals surface area contributed by atoms with Gasteiger partial charge in [-0.15, -0.1) is 0 Å². The first-order valence-corrected chi connectivity index (χ1v) is 10.2. The van der Waals surface area contributed by atoms with Crippen molar-refractivity contribution >= 4 is 17.7 Å². The van der Waals surface area contributed by atoms with Gasteiger partial charge in [0.2, 0.25) is 0 Å². The molecule has 0 fully saturated rings. The Balaban J connectivity index is 1.62. The zero-order valence-corrected chi connectivity index (χ0v) is 17.5. The van der Waals surface area contributed by atoms with Crippen LogP contribution in [0.5, 0.6) is 17.2 Å². The molecule has 0 aliphatic carbocycles. The molecule has 1 amide bonds. The molecule has 3 rings (SSSR count). The van der Waals surface area contributed by atoms with E-state index in [0.717, 1.165) is 0 Å². The van der Waals surface area contributed by atoms with Crippen molar-refractivity contribution in [1.82, 2.24) is 5.32 Å². The molecular formula is C23H25NO7. The van der Waals surface area contributed by atoms with Gasteiger partial charge < -0.3 is 24.3 Å². The average Bonchev–Trinajstić information content (AvgIpc) is 2.80. The minimum absolute atomic E-state index is 0.197. The summed E-state index contributed by atoms with van der Waals surface area (Å²) in [5.41, 5.74) is 0.647. The Morgan fingerprint density at radius 3 is 2.52 bits per heavy atom. The van der Waals surface area contributed by atoms with Crippen LogP contribution in [0.4, 0.5) is 0 Å². The number of carbonyl (C=O) groups excluding carboxylic acids is 3. The first-order valence-electron chi connectivity index (χ1n) is 10.2. The lowest BCUT2D eigenvalue weighted by Crippen LogP contribution is -2.40. The topological polar surface area (TPSA) is 100 Å². The third-order valence-electron chi connectivity index (χ3n) is 4.60. The van der Waals surface area contributed by atoms with Crippen LogP contribution in [0.2, 0.25) is 0 Å². The number of rotatable bonds is 9. The SMILES string of the molecule is CCOC(=O)c1ccccc1O[C@@H](CC)C(=O)NCC(=O)c1ccc2c(c1)OCCO2. The number of carbonyl (C=O) groups is 3. The van der Waals surface area contributed by atoms with Crippen LogP contribution in [-0.2, 0) is 9.53 Å². The smallest absolute Gasteiger partial charge is 0.341 e. The minimum Gasteiger partial charge on any atom is -0.486 e. The molecule has 1 atom stereocenters. The first kappa shape index (κ1) is 22.1. The number of nitrogens with one attached hydrogen (secondary N) is 1. The van der Waals surface area contributed by atoms with Gasteiger partial charge in [0.25, 0.3) is 5.91 Å². The van der Waals surface area contributed by atoms with E-state index in [4.69, 9.17) is 18.9 Å². The number of hydrogen-bond donors (Lipinski definition) is 1. The maximum Gasteiger partial charge on any atom is 0.341 e. The zero-order valence-electron chi connectivity index (χ0n) is 17.5. The molecule has 1 N–H and O–H groups in total. The molecule has 0 saturated carbocycles. The summed E-state index contributed by atoms with van der Waals surface area (Å²) < 4.78 is 21.7. The number of fused-ring (bicyclic) bond motifs is 1. The van der Waals surface area contributed by atoms with Gasteiger partial charge in [0.15, 0.2) is 23.4 Å². The summed E-state index contributed by atoms with van der Waals surface area (Å²) in [6, 6.07) is 11.5. The summed E-state index contributed by atoms with van der Waals surface area (Å²) in [7, 11) is 0. The van der Waals surface area contributed by atoms with Gasteiger partial charge in [-0.3, -0.25) is 9.59 Å².